The van der Waals surface area contributed by atoms with Crippen LogP contribution in [0, 0.1) is 46.5 Å². The van der Waals surface area contributed by atoms with Crippen molar-refractivity contribution in [3.05, 3.63) is 119 Å². The lowest BCUT2D eigenvalue weighted by molar-refractivity contribution is -0.923. The van der Waals surface area contributed by atoms with Crippen LogP contribution in [-0.2, 0) is 0 Å². The van der Waals surface area contributed by atoms with Crippen LogP contribution in [0.2, 0.25) is 0 Å². The van der Waals surface area contributed by atoms with Crippen molar-refractivity contribution in [3.8, 4) is 0 Å². The molecule has 2 bridgehead atoms. The fourth-order valence-corrected chi connectivity index (χ4v) is 7.01. The van der Waals surface area contributed by atoms with Crippen LogP contribution in [0.5, 0.6) is 0 Å². The first-order valence-electron chi connectivity index (χ1n) is 13.9. The molecule has 2 unspecified atom stereocenters. The highest BCUT2D eigenvalue weighted by atomic mass is 19.2. The van der Waals surface area contributed by atoms with Gasteiger partial charge in [-0.3, -0.25) is 0 Å². The van der Waals surface area contributed by atoms with Crippen LogP contribution in [0.25, 0.3) is 0 Å². The molecule has 2 heterocycles. The molecule has 2 saturated heterocycles. The molecule has 2 fully saturated rings. The summed E-state index contributed by atoms with van der Waals surface area (Å²) in [6, 6.07) is 9.78. The first kappa shape index (κ1) is 30.8. The van der Waals surface area contributed by atoms with E-state index in [1.807, 2.05) is 0 Å². The minimum atomic E-state index is -3.29. The minimum Gasteiger partial charge on any atom is -0.393 e. The molecule has 2 nitrogen and oxygen atoms in total. The number of halogens is 8. The van der Waals surface area contributed by atoms with Gasteiger partial charge in [0.25, 0.3) is 0 Å². The summed E-state index contributed by atoms with van der Waals surface area (Å²) in [5.74, 6) is -8.99. The number of rotatable bonds is 4. The van der Waals surface area contributed by atoms with E-state index in [1.54, 1.807) is 4.90 Å². The van der Waals surface area contributed by atoms with Crippen molar-refractivity contribution < 1.29 is 45.1 Å². The van der Waals surface area contributed by atoms with Gasteiger partial charge in [-0.05, 0) is 0 Å². The van der Waals surface area contributed by atoms with Gasteiger partial charge in [0.2, 0.25) is 0 Å². The third-order valence-corrected chi connectivity index (χ3v) is 8.80. The van der Waals surface area contributed by atoms with Gasteiger partial charge in [0.15, 0.2) is 0 Å². The molecule has 11 heteroatoms. The summed E-state index contributed by atoms with van der Waals surface area (Å²) >= 11 is 0. The number of hydrogen-bond acceptors (Lipinski definition) is 1. The van der Waals surface area contributed by atoms with Gasteiger partial charge in [0, 0.05) is 49.9 Å². The van der Waals surface area contributed by atoms with Gasteiger partial charge < -0.3 is 10.0 Å². The topological polar surface area (TPSA) is 24.7 Å². The van der Waals surface area contributed by atoms with Gasteiger partial charge in [0.05, 0.1) is 25.2 Å². The van der Waals surface area contributed by atoms with Crippen molar-refractivity contribution in [1.29, 1.82) is 0 Å². The second-order valence-electron chi connectivity index (χ2n) is 11.5. The van der Waals surface area contributed by atoms with E-state index in [-0.39, 0.29) is 28.0 Å². The summed E-state index contributed by atoms with van der Waals surface area (Å²) in [6.45, 7) is 0. The van der Waals surface area contributed by atoms with Crippen molar-refractivity contribution in [3.63, 3.8) is 0 Å². The molecular weight excluding hydrogens is 577 g/mol. The van der Waals surface area contributed by atoms with Gasteiger partial charge in [-0.15, -0.1) is 0 Å². The summed E-state index contributed by atoms with van der Waals surface area (Å²) in [5, 5.41) is 9.39. The molecule has 2 N–H and O–H groups in total. The van der Waals surface area contributed by atoms with Crippen LogP contribution in [-0.4, -0.2) is 36.5 Å². The average molecular weight is 605 g/mol. The molecule has 0 aromatic heterocycles. The van der Waals surface area contributed by atoms with Crippen LogP contribution in [0.1, 0.15) is 25.7 Å². The Kier molecular flexibility index (Phi) is 8.67. The Morgan fingerprint density at radius 2 is 0.721 bits per heavy atom. The molecule has 0 radical (unpaired) electrons. The molecule has 2 aliphatic rings. The summed E-state index contributed by atoms with van der Waals surface area (Å²) in [5.41, 5.74) is -1.42. The number of fused-ring (bicyclic) bond motifs is 2. The van der Waals surface area contributed by atoms with Gasteiger partial charge in [-0.25, -0.2) is 35.1 Å². The van der Waals surface area contributed by atoms with E-state index in [9.17, 15) is 40.2 Å². The van der Waals surface area contributed by atoms with E-state index in [1.165, 1.54) is 12.8 Å². The largest absolute Gasteiger partial charge is 0.393 e. The van der Waals surface area contributed by atoms with Gasteiger partial charge >= 0.3 is 0 Å². The van der Waals surface area contributed by atoms with Crippen LogP contribution in [0.4, 0.5) is 35.1 Å². The summed E-state index contributed by atoms with van der Waals surface area (Å²) in [6.07, 6.45) is 1.50. The second kappa shape index (κ2) is 12.1. The molecule has 4 aromatic carbocycles. The zero-order chi connectivity index (χ0) is 31.1. The lowest BCUT2D eigenvalue weighted by Gasteiger charge is -2.44. The van der Waals surface area contributed by atoms with E-state index in [0.717, 1.165) is 73.5 Å². The molecule has 6 rings (SSSR count). The monoisotopic (exact) mass is 605 g/mol. The predicted octanol–water partition coefficient (Wildman–Crippen LogP) is 3.36. The lowest BCUT2D eigenvalue weighted by atomic mass is 9.13. The first-order chi connectivity index (χ1) is 20.3. The van der Waals surface area contributed by atoms with E-state index in [2.05, 4.69) is 7.05 Å². The number of aliphatic hydroxyl groups is 1. The van der Waals surface area contributed by atoms with Gasteiger partial charge in [0.1, 0.15) is 52.7 Å². The summed E-state index contributed by atoms with van der Waals surface area (Å²) in [7, 11) is 2.27. The maximum absolute atomic E-state index is 14.3. The van der Waals surface area contributed by atoms with Gasteiger partial charge in [-0.1, -0.05) is 48.5 Å². The number of aliphatic hydroxyl groups excluding tert-OH is 1. The fourth-order valence-electron chi connectivity index (χ4n) is 7.01. The average Bonchev–Trinajstić information content (AvgIpc) is 3.08. The normalized spacial score (nSPS) is 21.3. The quantitative estimate of drug-likeness (QED) is 0.271. The fraction of sp³-hybridized carbons (Fsp3) is 0.250. The molecule has 0 aliphatic carbocycles. The predicted molar refractivity (Wildman–Crippen MR) is 149 cm³/mol. The highest BCUT2D eigenvalue weighted by molar-refractivity contribution is 7.19. The maximum atomic E-state index is 14.3. The van der Waals surface area contributed by atoms with Gasteiger partial charge in [-0.2, -0.15) is 21.9 Å². The second-order valence-corrected chi connectivity index (χ2v) is 11.5. The van der Waals surface area contributed by atoms with E-state index >= 15 is 0 Å². The third kappa shape index (κ3) is 6.33. The Bertz CT molecular complexity index is 1340. The molecule has 226 valence electrons. The number of quaternary nitrogens is 1. The first-order valence-corrected chi connectivity index (χ1v) is 13.9. The molecule has 43 heavy (non-hydrogen) atoms. The number of nitrogens with one attached hydrogen (secondary N) is 1. The molecule has 0 saturated carbocycles. The third-order valence-electron chi connectivity index (χ3n) is 8.80. The minimum absolute atomic E-state index is 0.0150. The SMILES string of the molecule is C[NH+]1C2CCC1CC(O)C2.Fc1cc(F)cc([B-](c2cc(F)cc(F)c2)(c2cc(F)cc(F)c2)c2cc(F)cc(F)c2)c1. The van der Waals surface area contributed by atoms with Crippen LogP contribution < -0.4 is 26.8 Å². The molecule has 4 aromatic rings. The van der Waals surface area contributed by atoms with Crippen molar-refractivity contribution >= 4 is 28.0 Å². The standard InChI is InChI=1S/C24H12BF8.C8H15NO/c26-17-1-13(2-18(27)9-17)25(14-3-19(28)10-20(29)4-14,15-5-21(30)11-22(31)6-15)16-7-23(32)12-24(33)8-16;1-9-6-2-3-7(9)5-8(10)4-6/h1-12H;6-8,10H,2-5H2,1H3/q-1;/p+1. The molecule has 0 spiro atoms. The molecule has 0 amide bonds. The van der Waals surface area contributed by atoms with Crippen molar-refractivity contribution in [1.82, 2.24) is 0 Å². The van der Waals surface area contributed by atoms with Crippen molar-refractivity contribution in [2.75, 3.05) is 7.05 Å². The highest BCUT2D eigenvalue weighted by Crippen LogP contribution is 2.22. The lowest BCUT2D eigenvalue weighted by Crippen LogP contribution is -3.15. The highest BCUT2D eigenvalue weighted by Gasteiger charge is 2.41. The van der Waals surface area contributed by atoms with E-state index in [4.69, 9.17) is 0 Å². The van der Waals surface area contributed by atoms with Crippen LogP contribution >= 0.6 is 0 Å². The molecule has 2 aliphatic heterocycles. The Morgan fingerprint density at radius 1 is 0.488 bits per heavy atom. The van der Waals surface area contributed by atoms with Crippen LogP contribution in [0.15, 0.2) is 72.8 Å². The Balaban J connectivity index is 0.000000308. The summed E-state index contributed by atoms with van der Waals surface area (Å²) in [4.78, 5) is 1.67. The Hall–Kier alpha value is -3.70. The number of piperidine rings is 1. The van der Waals surface area contributed by atoms with Crippen molar-refractivity contribution in [2.24, 2.45) is 0 Å². The number of benzene rings is 4. The maximum Gasteiger partial charge on any atom is 0.123 e. The van der Waals surface area contributed by atoms with E-state index < -0.39 is 52.7 Å². The molecule has 2 atom stereocenters. The zero-order valence-corrected chi connectivity index (χ0v) is 23.0. The summed E-state index contributed by atoms with van der Waals surface area (Å²) < 4.78 is 114. The van der Waals surface area contributed by atoms with Crippen molar-refractivity contribution in [2.45, 2.75) is 43.9 Å². The number of hydrogen-bond donors (Lipinski definition) is 2. The molecular formula is C32H28BF8NO. The zero-order valence-electron chi connectivity index (χ0n) is 23.0. The Labute approximate surface area is 243 Å². The smallest absolute Gasteiger partial charge is 0.123 e. The van der Waals surface area contributed by atoms with Crippen LogP contribution in [0.3, 0.4) is 0 Å². The Morgan fingerprint density at radius 3 is 0.953 bits per heavy atom. The van der Waals surface area contributed by atoms with E-state index in [0.29, 0.717) is 24.3 Å².